The number of fused-ring (bicyclic) bond motifs is 2. The SMILES string of the molecule is COC(=O)NC12CCC(CC1)Cn1c2nc(C(=O)NCc2ccc(F)cc2)c(O)c1=O. The van der Waals surface area contributed by atoms with Gasteiger partial charge >= 0.3 is 6.09 Å². The van der Waals surface area contributed by atoms with E-state index in [1.807, 2.05) is 0 Å². The number of nitrogens with zero attached hydrogens (tertiary/aromatic N) is 2. The normalized spacial score (nSPS) is 21.7. The minimum absolute atomic E-state index is 0.0618. The second-order valence-electron chi connectivity index (χ2n) is 8.00. The first-order valence-corrected chi connectivity index (χ1v) is 10.1. The standard InChI is InChI=1S/C21H23FN4O5/c1-31-20(30)25-21-8-6-13(7-9-21)11-26-18(29)16(27)15(24-19(21)26)17(28)23-10-12-2-4-14(22)5-3-12/h2-5,13,27H,6-11H2,1H3,(H,23,28)(H,25,30). The van der Waals surface area contributed by atoms with Gasteiger partial charge in [0.25, 0.3) is 11.5 Å². The fourth-order valence-corrected chi connectivity index (χ4v) is 4.37. The van der Waals surface area contributed by atoms with Crippen LogP contribution < -0.4 is 16.2 Å². The maximum atomic E-state index is 13.1. The lowest BCUT2D eigenvalue weighted by molar-refractivity contribution is 0.0940. The molecular weight excluding hydrogens is 407 g/mol. The van der Waals surface area contributed by atoms with Crippen molar-refractivity contribution in [1.82, 2.24) is 20.2 Å². The summed E-state index contributed by atoms with van der Waals surface area (Å²) in [4.78, 5) is 42.1. The van der Waals surface area contributed by atoms with E-state index >= 15 is 0 Å². The summed E-state index contributed by atoms with van der Waals surface area (Å²) in [5.41, 5.74) is -1.45. The van der Waals surface area contributed by atoms with Gasteiger partial charge in [0.1, 0.15) is 17.2 Å². The third-order valence-electron chi connectivity index (χ3n) is 6.08. The molecule has 3 N–H and O–H groups in total. The molecule has 164 valence electrons. The first kappa shape index (κ1) is 20.8. The summed E-state index contributed by atoms with van der Waals surface area (Å²) >= 11 is 0. The highest BCUT2D eigenvalue weighted by molar-refractivity contribution is 5.94. The zero-order chi connectivity index (χ0) is 22.2. The van der Waals surface area contributed by atoms with E-state index in [0.29, 0.717) is 24.9 Å². The molecule has 1 aliphatic carbocycles. The zero-order valence-electron chi connectivity index (χ0n) is 17.0. The van der Waals surface area contributed by atoms with Crippen LogP contribution >= 0.6 is 0 Å². The van der Waals surface area contributed by atoms with Crippen molar-refractivity contribution < 1.29 is 23.8 Å². The third kappa shape index (κ3) is 3.85. The number of benzene rings is 1. The van der Waals surface area contributed by atoms with Gasteiger partial charge in [-0.25, -0.2) is 14.2 Å². The number of methoxy groups -OCH3 is 1. The number of amides is 2. The number of nitrogens with one attached hydrogen (secondary N) is 2. The Labute approximate surface area is 177 Å². The van der Waals surface area contributed by atoms with Gasteiger partial charge in [0, 0.05) is 13.1 Å². The van der Waals surface area contributed by atoms with Crippen molar-refractivity contribution in [1.29, 1.82) is 0 Å². The van der Waals surface area contributed by atoms with Gasteiger partial charge in [0.2, 0.25) is 5.75 Å². The summed E-state index contributed by atoms with van der Waals surface area (Å²) in [5.74, 6) is -1.42. The number of carbonyl (C=O) groups excluding carboxylic acids is 2. The van der Waals surface area contributed by atoms with Crippen LogP contribution in [0.15, 0.2) is 29.1 Å². The number of aromatic hydroxyl groups is 1. The van der Waals surface area contributed by atoms with Crippen LogP contribution in [0.4, 0.5) is 9.18 Å². The zero-order valence-corrected chi connectivity index (χ0v) is 17.0. The van der Waals surface area contributed by atoms with Crippen LogP contribution in [-0.2, 0) is 23.4 Å². The van der Waals surface area contributed by atoms with Crippen LogP contribution in [0.2, 0.25) is 0 Å². The van der Waals surface area contributed by atoms with Crippen LogP contribution in [-0.4, -0.2) is 33.8 Å². The molecule has 0 atom stereocenters. The number of alkyl carbamates (subject to hydrolysis) is 1. The van der Waals surface area contributed by atoms with E-state index in [1.165, 1.54) is 35.9 Å². The largest absolute Gasteiger partial charge is 0.501 e. The molecular formula is C21H23FN4O5. The molecule has 0 saturated heterocycles. The van der Waals surface area contributed by atoms with Gasteiger partial charge in [-0.2, -0.15) is 0 Å². The molecule has 2 bridgehead atoms. The van der Waals surface area contributed by atoms with E-state index in [0.717, 1.165) is 12.8 Å². The number of aromatic nitrogens is 2. The summed E-state index contributed by atoms with van der Waals surface area (Å²) in [6.45, 7) is 0.420. The molecule has 1 fully saturated rings. The molecule has 2 amide bonds. The lowest BCUT2D eigenvalue weighted by Gasteiger charge is -2.36. The van der Waals surface area contributed by atoms with Gasteiger partial charge in [-0.3, -0.25) is 14.2 Å². The molecule has 5 rings (SSSR count). The molecule has 31 heavy (non-hydrogen) atoms. The summed E-state index contributed by atoms with van der Waals surface area (Å²) in [5, 5.41) is 15.8. The Bertz CT molecular complexity index is 1070. The first-order chi connectivity index (χ1) is 14.8. The summed E-state index contributed by atoms with van der Waals surface area (Å²) in [6, 6.07) is 5.57. The van der Waals surface area contributed by atoms with Gasteiger partial charge in [-0.05, 0) is 49.3 Å². The molecule has 2 aromatic rings. The van der Waals surface area contributed by atoms with E-state index < -0.39 is 40.4 Å². The number of carbonyl (C=O) groups is 2. The van der Waals surface area contributed by atoms with Crippen molar-refractivity contribution in [2.45, 2.75) is 44.3 Å². The van der Waals surface area contributed by atoms with Crippen LogP contribution in [0.1, 0.15) is 47.6 Å². The number of hydrogen-bond donors (Lipinski definition) is 3. The molecule has 1 aromatic heterocycles. The van der Waals surface area contributed by atoms with E-state index in [9.17, 15) is 23.9 Å². The summed E-state index contributed by atoms with van der Waals surface area (Å²) in [7, 11) is 1.25. The smallest absolute Gasteiger partial charge is 0.407 e. The van der Waals surface area contributed by atoms with Crippen molar-refractivity contribution >= 4 is 12.0 Å². The van der Waals surface area contributed by atoms with E-state index in [1.54, 1.807) is 0 Å². The Kier molecular flexibility index (Phi) is 5.38. The average molecular weight is 430 g/mol. The van der Waals surface area contributed by atoms with Crippen LogP contribution in [0, 0.1) is 11.7 Å². The number of hydrogen-bond acceptors (Lipinski definition) is 6. The maximum Gasteiger partial charge on any atom is 0.407 e. The van der Waals surface area contributed by atoms with Gasteiger partial charge in [0.15, 0.2) is 5.69 Å². The predicted molar refractivity (Wildman–Crippen MR) is 107 cm³/mol. The topological polar surface area (TPSA) is 123 Å². The van der Waals surface area contributed by atoms with Crippen molar-refractivity contribution in [3.8, 4) is 5.75 Å². The Hall–Kier alpha value is -3.43. The Morgan fingerprint density at radius 1 is 1.29 bits per heavy atom. The second kappa shape index (κ2) is 8.01. The van der Waals surface area contributed by atoms with Gasteiger partial charge in [-0.1, -0.05) is 12.1 Å². The first-order valence-electron chi connectivity index (χ1n) is 10.1. The highest BCUT2D eigenvalue weighted by Gasteiger charge is 2.46. The highest BCUT2D eigenvalue weighted by atomic mass is 19.1. The number of halogens is 1. The second-order valence-corrected chi connectivity index (χ2v) is 8.00. The van der Waals surface area contributed by atoms with Gasteiger partial charge in [-0.15, -0.1) is 0 Å². The monoisotopic (exact) mass is 430 g/mol. The van der Waals surface area contributed by atoms with Crippen LogP contribution in [0.3, 0.4) is 0 Å². The lowest BCUT2D eigenvalue weighted by Crippen LogP contribution is -2.49. The molecule has 1 saturated carbocycles. The molecule has 10 heteroatoms. The van der Waals surface area contributed by atoms with Gasteiger partial charge < -0.3 is 20.5 Å². The number of ether oxygens (including phenoxy) is 1. The van der Waals surface area contributed by atoms with Crippen molar-refractivity contribution in [3.63, 3.8) is 0 Å². The van der Waals surface area contributed by atoms with E-state index in [-0.39, 0.29) is 18.3 Å². The highest BCUT2D eigenvalue weighted by Crippen LogP contribution is 2.42. The minimum atomic E-state index is -0.959. The Morgan fingerprint density at radius 2 is 1.97 bits per heavy atom. The van der Waals surface area contributed by atoms with Crippen molar-refractivity contribution in [2.24, 2.45) is 5.92 Å². The lowest BCUT2D eigenvalue weighted by atomic mass is 9.77. The van der Waals surface area contributed by atoms with Crippen molar-refractivity contribution in [2.75, 3.05) is 7.11 Å². The Balaban J connectivity index is 1.70. The molecule has 3 aliphatic rings. The van der Waals surface area contributed by atoms with Crippen LogP contribution in [0.5, 0.6) is 5.75 Å². The van der Waals surface area contributed by atoms with E-state index in [2.05, 4.69) is 15.6 Å². The van der Waals surface area contributed by atoms with E-state index in [4.69, 9.17) is 4.74 Å². The molecule has 0 unspecified atom stereocenters. The average Bonchev–Trinajstić information content (AvgIpc) is 3.01. The fraction of sp³-hybridized carbons (Fsp3) is 0.429. The van der Waals surface area contributed by atoms with Gasteiger partial charge in [0.05, 0.1) is 7.11 Å². The summed E-state index contributed by atoms with van der Waals surface area (Å²) < 4.78 is 19.2. The number of rotatable bonds is 4. The predicted octanol–water partition coefficient (Wildman–Crippen LogP) is 1.77. The van der Waals surface area contributed by atoms with Crippen LogP contribution in [0.25, 0.3) is 0 Å². The maximum absolute atomic E-state index is 13.1. The minimum Gasteiger partial charge on any atom is -0.501 e. The quantitative estimate of drug-likeness (QED) is 0.680. The molecule has 9 nitrogen and oxygen atoms in total. The molecule has 0 radical (unpaired) electrons. The molecule has 2 aliphatic heterocycles. The Morgan fingerprint density at radius 3 is 2.61 bits per heavy atom. The fourth-order valence-electron chi connectivity index (χ4n) is 4.37. The third-order valence-corrected chi connectivity index (χ3v) is 6.08. The molecule has 3 heterocycles. The molecule has 0 spiro atoms. The van der Waals surface area contributed by atoms with Crippen molar-refractivity contribution in [3.05, 3.63) is 57.5 Å². The summed E-state index contributed by atoms with van der Waals surface area (Å²) in [6.07, 6.45) is 1.96. The molecule has 1 aromatic carbocycles.